The summed E-state index contributed by atoms with van der Waals surface area (Å²) in [6.07, 6.45) is 1.08. The third-order valence-electron chi connectivity index (χ3n) is 2.34. The molecule has 0 aromatic rings. The van der Waals surface area contributed by atoms with Gasteiger partial charge in [0.05, 0.1) is 0 Å². The molecule has 0 aromatic carbocycles. The molecule has 14 heavy (non-hydrogen) atoms. The van der Waals surface area contributed by atoms with Gasteiger partial charge in [0.25, 0.3) is 0 Å². The Kier molecular flexibility index (Phi) is 3.72. The molecule has 0 bridgehead atoms. The van der Waals surface area contributed by atoms with E-state index < -0.39 is 18.4 Å². The predicted octanol–water partition coefficient (Wildman–Crippen LogP) is 3.40. The topological polar surface area (TPSA) is 17.1 Å². The number of hydrogen-bond acceptors (Lipinski definition) is 1. The molecule has 4 heteroatoms. The molecule has 1 aliphatic rings. The van der Waals surface area contributed by atoms with Gasteiger partial charge in [0, 0.05) is 6.42 Å². The SMILES string of the molecule is O=C(CC1=CCCCCC1)C(F)(F)F. The number of carbonyl (C=O) groups is 1. The van der Waals surface area contributed by atoms with E-state index in [0.717, 1.165) is 25.7 Å². The van der Waals surface area contributed by atoms with E-state index in [1.54, 1.807) is 6.08 Å². The highest BCUT2D eigenvalue weighted by molar-refractivity contribution is 5.86. The summed E-state index contributed by atoms with van der Waals surface area (Å²) in [5.41, 5.74) is 0.657. The highest BCUT2D eigenvalue weighted by Gasteiger charge is 2.37. The van der Waals surface area contributed by atoms with Crippen molar-refractivity contribution in [1.29, 1.82) is 0 Å². The fourth-order valence-electron chi connectivity index (χ4n) is 1.55. The molecule has 0 N–H and O–H groups in total. The monoisotopic (exact) mass is 206 g/mol. The molecule has 0 aromatic heterocycles. The normalized spacial score (nSPS) is 18.6. The van der Waals surface area contributed by atoms with E-state index in [2.05, 4.69) is 0 Å². The lowest BCUT2D eigenvalue weighted by Crippen LogP contribution is -2.22. The number of allylic oxidation sites excluding steroid dienone is 2. The minimum absolute atomic E-state index is 0.441. The Hall–Kier alpha value is -0.800. The molecule has 0 atom stereocenters. The molecule has 0 radical (unpaired) electrons. The predicted molar refractivity (Wildman–Crippen MR) is 46.8 cm³/mol. The van der Waals surface area contributed by atoms with E-state index in [1.165, 1.54) is 0 Å². The minimum atomic E-state index is -4.67. The van der Waals surface area contributed by atoms with E-state index in [-0.39, 0.29) is 0 Å². The van der Waals surface area contributed by atoms with Crippen molar-refractivity contribution in [2.24, 2.45) is 0 Å². The molecular formula is C10H13F3O. The summed E-state index contributed by atoms with van der Waals surface area (Å²) in [5, 5.41) is 0. The highest BCUT2D eigenvalue weighted by atomic mass is 19.4. The van der Waals surface area contributed by atoms with Crippen molar-refractivity contribution in [3.63, 3.8) is 0 Å². The van der Waals surface area contributed by atoms with Gasteiger partial charge >= 0.3 is 6.18 Å². The standard InChI is InChI=1S/C10H13F3O/c11-10(12,13)9(14)7-8-5-3-1-2-4-6-8/h5H,1-4,6-7H2. The molecule has 0 saturated heterocycles. The minimum Gasteiger partial charge on any atom is -0.289 e. The van der Waals surface area contributed by atoms with Crippen molar-refractivity contribution in [2.75, 3.05) is 0 Å². The maximum Gasteiger partial charge on any atom is 0.450 e. The molecular weight excluding hydrogens is 193 g/mol. The molecule has 0 heterocycles. The molecule has 1 aliphatic carbocycles. The quantitative estimate of drug-likeness (QED) is 0.633. The second-order valence-electron chi connectivity index (χ2n) is 3.56. The van der Waals surface area contributed by atoms with Gasteiger partial charge in [-0.3, -0.25) is 4.79 Å². The number of hydrogen-bond donors (Lipinski definition) is 0. The summed E-state index contributed by atoms with van der Waals surface area (Å²) in [7, 11) is 0. The highest BCUT2D eigenvalue weighted by Crippen LogP contribution is 2.25. The van der Waals surface area contributed by atoms with E-state index in [1.807, 2.05) is 0 Å². The van der Waals surface area contributed by atoms with Crippen molar-refractivity contribution >= 4 is 5.78 Å². The average Bonchev–Trinajstić information content (AvgIpc) is 2.31. The van der Waals surface area contributed by atoms with Crippen LogP contribution in [-0.2, 0) is 4.79 Å². The molecule has 0 unspecified atom stereocenters. The number of carbonyl (C=O) groups excluding carboxylic acids is 1. The first-order valence-corrected chi connectivity index (χ1v) is 4.78. The summed E-state index contributed by atoms with van der Waals surface area (Å²) in [6.45, 7) is 0. The molecule has 1 rings (SSSR count). The second-order valence-corrected chi connectivity index (χ2v) is 3.56. The zero-order chi connectivity index (χ0) is 10.6. The molecule has 0 fully saturated rings. The smallest absolute Gasteiger partial charge is 0.289 e. The number of rotatable bonds is 2. The van der Waals surface area contributed by atoms with Crippen molar-refractivity contribution in [3.05, 3.63) is 11.6 Å². The number of ketones is 1. The Morgan fingerprint density at radius 2 is 2.00 bits per heavy atom. The van der Waals surface area contributed by atoms with Crippen LogP contribution in [0.4, 0.5) is 13.2 Å². The van der Waals surface area contributed by atoms with Crippen molar-refractivity contribution < 1.29 is 18.0 Å². The Morgan fingerprint density at radius 1 is 1.29 bits per heavy atom. The van der Waals surface area contributed by atoms with Gasteiger partial charge in [0.1, 0.15) is 0 Å². The summed E-state index contributed by atoms with van der Waals surface area (Å²) in [4.78, 5) is 10.7. The number of Topliss-reactive ketones (excluding diaryl/α,β-unsaturated/α-hetero) is 1. The van der Waals surface area contributed by atoms with Gasteiger partial charge in [-0.1, -0.05) is 18.1 Å². The molecule has 0 spiro atoms. The molecule has 0 amide bonds. The maximum absolute atomic E-state index is 11.9. The van der Waals surface area contributed by atoms with Crippen LogP contribution in [0.3, 0.4) is 0 Å². The first-order valence-electron chi connectivity index (χ1n) is 4.78. The Bertz CT molecular complexity index is 240. The van der Waals surface area contributed by atoms with Crippen LogP contribution in [0.2, 0.25) is 0 Å². The van der Waals surface area contributed by atoms with Crippen LogP contribution in [0.5, 0.6) is 0 Å². The summed E-state index contributed by atoms with van der Waals surface area (Å²) in [5.74, 6) is -1.62. The lowest BCUT2D eigenvalue weighted by molar-refractivity contribution is -0.170. The fraction of sp³-hybridized carbons (Fsp3) is 0.700. The average molecular weight is 206 g/mol. The number of alkyl halides is 3. The van der Waals surface area contributed by atoms with Crippen molar-refractivity contribution in [2.45, 2.75) is 44.7 Å². The zero-order valence-corrected chi connectivity index (χ0v) is 7.86. The first-order chi connectivity index (χ1) is 6.50. The molecule has 0 saturated carbocycles. The Labute approximate surface area is 81.0 Å². The maximum atomic E-state index is 11.9. The lowest BCUT2D eigenvalue weighted by Gasteiger charge is -2.07. The summed E-state index contributed by atoms with van der Waals surface area (Å²) >= 11 is 0. The van der Waals surface area contributed by atoms with Crippen molar-refractivity contribution in [1.82, 2.24) is 0 Å². The molecule has 0 aliphatic heterocycles. The van der Waals surface area contributed by atoms with Crippen molar-refractivity contribution in [3.8, 4) is 0 Å². The summed E-state index contributed by atoms with van der Waals surface area (Å²) < 4.78 is 35.8. The van der Waals surface area contributed by atoms with E-state index in [9.17, 15) is 18.0 Å². The van der Waals surface area contributed by atoms with Crippen LogP contribution in [-0.4, -0.2) is 12.0 Å². The second kappa shape index (κ2) is 4.62. The number of halogens is 3. The zero-order valence-electron chi connectivity index (χ0n) is 7.86. The van der Waals surface area contributed by atoms with Gasteiger partial charge < -0.3 is 0 Å². The van der Waals surface area contributed by atoms with Gasteiger partial charge in [-0.15, -0.1) is 0 Å². The largest absolute Gasteiger partial charge is 0.450 e. The van der Waals surface area contributed by atoms with Gasteiger partial charge in [0.15, 0.2) is 0 Å². The third-order valence-corrected chi connectivity index (χ3v) is 2.34. The fourth-order valence-corrected chi connectivity index (χ4v) is 1.55. The van der Waals surface area contributed by atoms with Crippen LogP contribution in [0.15, 0.2) is 11.6 Å². The Morgan fingerprint density at radius 3 is 2.64 bits per heavy atom. The van der Waals surface area contributed by atoms with Gasteiger partial charge in [0.2, 0.25) is 5.78 Å². The first kappa shape index (κ1) is 11.3. The lowest BCUT2D eigenvalue weighted by atomic mass is 10.0. The van der Waals surface area contributed by atoms with Crippen LogP contribution < -0.4 is 0 Å². The molecule has 1 nitrogen and oxygen atoms in total. The molecule has 80 valence electrons. The van der Waals surface area contributed by atoms with Crippen LogP contribution in [0.25, 0.3) is 0 Å². The van der Waals surface area contributed by atoms with E-state index in [4.69, 9.17) is 0 Å². The summed E-state index contributed by atoms with van der Waals surface area (Å²) in [6, 6.07) is 0. The van der Waals surface area contributed by atoms with Crippen LogP contribution >= 0.6 is 0 Å². The van der Waals surface area contributed by atoms with Crippen LogP contribution in [0.1, 0.15) is 38.5 Å². The van der Waals surface area contributed by atoms with E-state index in [0.29, 0.717) is 12.0 Å². The van der Waals surface area contributed by atoms with Gasteiger partial charge in [-0.2, -0.15) is 13.2 Å². The third kappa shape index (κ3) is 3.52. The van der Waals surface area contributed by atoms with E-state index >= 15 is 0 Å². The Balaban J connectivity index is 2.50. The van der Waals surface area contributed by atoms with Gasteiger partial charge in [-0.25, -0.2) is 0 Å². The van der Waals surface area contributed by atoms with Crippen LogP contribution in [0, 0.1) is 0 Å². The van der Waals surface area contributed by atoms with Gasteiger partial charge in [-0.05, 0) is 25.7 Å².